The van der Waals surface area contributed by atoms with Crippen LogP contribution in [0, 0.1) is 11.8 Å². The highest BCUT2D eigenvalue weighted by molar-refractivity contribution is 5.87. The Bertz CT molecular complexity index is 519. The molecule has 0 aliphatic heterocycles. The van der Waals surface area contributed by atoms with Crippen LogP contribution in [0.25, 0.3) is 6.08 Å². The fourth-order valence-electron chi connectivity index (χ4n) is 2.27. The summed E-state index contributed by atoms with van der Waals surface area (Å²) in [5.74, 6) is -0.901. The molecule has 23 heavy (non-hydrogen) atoms. The largest absolute Gasteiger partial charge is 0.466 e. The second kappa shape index (κ2) is 9.82. The van der Waals surface area contributed by atoms with Crippen LogP contribution in [0.2, 0.25) is 0 Å². The van der Waals surface area contributed by atoms with Gasteiger partial charge < -0.3 is 9.47 Å². The van der Waals surface area contributed by atoms with Gasteiger partial charge >= 0.3 is 11.9 Å². The lowest BCUT2D eigenvalue weighted by Crippen LogP contribution is -2.32. The lowest BCUT2D eigenvalue weighted by molar-refractivity contribution is -0.158. The van der Waals surface area contributed by atoms with E-state index in [0.717, 1.165) is 5.56 Å². The molecule has 4 nitrogen and oxygen atoms in total. The molecule has 0 saturated heterocycles. The predicted octanol–water partition coefficient (Wildman–Crippen LogP) is 3.86. The number of hydrogen-bond donors (Lipinski definition) is 0. The highest BCUT2D eigenvalue weighted by atomic mass is 16.6. The Kier molecular flexibility index (Phi) is 8.09. The van der Waals surface area contributed by atoms with E-state index < -0.39 is 18.0 Å². The van der Waals surface area contributed by atoms with E-state index >= 15 is 0 Å². The Morgan fingerprint density at radius 2 is 1.78 bits per heavy atom. The molecule has 0 amide bonds. The summed E-state index contributed by atoms with van der Waals surface area (Å²) in [6.07, 6.45) is 3.17. The zero-order chi connectivity index (χ0) is 17.2. The summed E-state index contributed by atoms with van der Waals surface area (Å²) in [5.41, 5.74) is 0.918. The SMILES string of the molecule is CCOC(=O)C(CC(C)C)C(C)OC(=O)/C=C/c1ccccc1. The first-order chi connectivity index (χ1) is 10.9. The van der Waals surface area contributed by atoms with Gasteiger partial charge in [-0.05, 0) is 37.8 Å². The van der Waals surface area contributed by atoms with Gasteiger partial charge in [0.05, 0.1) is 12.5 Å². The summed E-state index contributed by atoms with van der Waals surface area (Å²) in [5, 5.41) is 0. The average Bonchev–Trinajstić information content (AvgIpc) is 2.51. The van der Waals surface area contributed by atoms with E-state index in [9.17, 15) is 9.59 Å². The highest BCUT2D eigenvalue weighted by Gasteiger charge is 2.29. The second-order valence-corrected chi connectivity index (χ2v) is 5.87. The lowest BCUT2D eigenvalue weighted by Gasteiger charge is -2.23. The minimum absolute atomic E-state index is 0.311. The smallest absolute Gasteiger partial charge is 0.331 e. The van der Waals surface area contributed by atoms with E-state index in [1.165, 1.54) is 6.08 Å². The van der Waals surface area contributed by atoms with Gasteiger partial charge in [-0.1, -0.05) is 44.2 Å². The summed E-state index contributed by atoms with van der Waals surface area (Å²) in [6, 6.07) is 9.49. The van der Waals surface area contributed by atoms with Crippen LogP contribution in [0.4, 0.5) is 0 Å². The first-order valence-electron chi connectivity index (χ1n) is 8.04. The van der Waals surface area contributed by atoms with E-state index in [2.05, 4.69) is 0 Å². The molecule has 2 unspecified atom stereocenters. The lowest BCUT2D eigenvalue weighted by atomic mass is 9.93. The molecule has 1 aromatic carbocycles. The summed E-state index contributed by atoms with van der Waals surface area (Å²) < 4.78 is 10.5. The molecule has 0 spiro atoms. The maximum Gasteiger partial charge on any atom is 0.331 e. The summed E-state index contributed by atoms with van der Waals surface area (Å²) >= 11 is 0. The average molecular weight is 318 g/mol. The molecule has 1 rings (SSSR count). The van der Waals surface area contributed by atoms with Gasteiger partial charge in [-0.3, -0.25) is 4.79 Å². The molecule has 0 radical (unpaired) electrons. The van der Waals surface area contributed by atoms with E-state index in [0.29, 0.717) is 18.9 Å². The molecule has 0 aromatic heterocycles. The molecule has 0 aliphatic carbocycles. The molecule has 126 valence electrons. The number of carbonyl (C=O) groups is 2. The van der Waals surface area contributed by atoms with Crippen molar-refractivity contribution >= 4 is 18.0 Å². The number of carbonyl (C=O) groups excluding carboxylic acids is 2. The predicted molar refractivity (Wildman–Crippen MR) is 90.6 cm³/mol. The van der Waals surface area contributed by atoms with Crippen molar-refractivity contribution in [3.63, 3.8) is 0 Å². The van der Waals surface area contributed by atoms with Crippen molar-refractivity contribution in [2.75, 3.05) is 6.61 Å². The topological polar surface area (TPSA) is 52.6 Å². The minimum Gasteiger partial charge on any atom is -0.466 e. The molecule has 0 heterocycles. The minimum atomic E-state index is -0.524. The van der Waals surface area contributed by atoms with Gasteiger partial charge in [0.1, 0.15) is 6.10 Å². The van der Waals surface area contributed by atoms with Crippen molar-refractivity contribution in [2.45, 2.75) is 40.2 Å². The maximum absolute atomic E-state index is 12.0. The molecule has 0 N–H and O–H groups in total. The highest BCUT2D eigenvalue weighted by Crippen LogP contribution is 2.20. The molecule has 0 saturated carbocycles. The van der Waals surface area contributed by atoms with Gasteiger partial charge in [0.2, 0.25) is 0 Å². The van der Waals surface area contributed by atoms with Crippen LogP contribution in [0.3, 0.4) is 0 Å². The van der Waals surface area contributed by atoms with Gasteiger partial charge in [0.25, 0.3) is 0 Å². The Balaban J connectivity index is 2.65. The van der Waals surface area contributed by atoms with Gasteiger partial charge in [-0.2, -0.15) is 0 Å². The number of ether oxygens (including phenoxy) is 2. The zero-order valence-corrected chi connectivity index (χ0v) is 14.3. The Hall–Kier alpha value is -2.10. The normalized spacial score (nSPS) is 13.8. The standard InChI is InChI=1S/C19H26O4/c1-5-22-19(21)17(13-14(2)3)15(4)23-18(20)12-11-16-9-7-6-8-10-16/h6-12,14-15,17H,5,13H2,1-4H3/b12-11+. The maximum atomic E-state index is 12.0. The summed E-state index contributed by atoms with van der Waals surface area (Å²) in [7, 11) is 0. The number of hydrogen-bond acceptors (Lipinski definition) is 4. The van der Waals surface area contributed by atoms with E-state index in [-0.39, 0.29) is 5.97 Å². The van der Waals surface area contributed by atoms with E-state index in [1.807, 2.05) is 44.2 Å². The molecule has 1 aromatic rings. The van der Waals surface area contributed by atoms with Gasteiger partial charge in [-0.15, -0.1) is 0 Å². The molecular formula is C19H26O4. The van der Waals surface area contributed by atoms with Crippen molar-refractivity contribution in [1.82, 2.24) is 0 Å². The van der Waals surface area contributed by atoms with Crippen molar-refractivity contribution in [3.8, 4) is 0 Å². The first-order valence-corrected chi connectivity index (χ1v) is 8.04. The molecule has 0 bridgehead atoms. The van der Waals surface area contributed by atoms with Crippen LogP contribution < -0.4 is 0 Å². The quantitative estimate of drug-likeness (QED) is 0.539. The van der Waals surface area contributed by atoms with Crippen LogP contribution in [-0.4, -0.2) is 24.6 Å². The van der Waals surface area contributed by atoms with Crippen molar-refractivity contribution in [1.29, 1.82) is 0 Å². The van der Waals surface area contributed by atoms with Gasteiger partial charge in [0, 0.05) is 6.08 Å². The molecule has 4 heteroatoms. The fraction of sp³-hybridized carbons (Fsp3) is 0.474. The number of rotatable bonds is 8. The molecular weight excluding hydrogens is 292 g/mol. The monoisotopic (exact) mass is 318 g/mol. The Morgan fingerprint density at radius 3 is 2.35 bits per heavy atom. The zero-order valence-electron chi connectivity index (χ0n) is 14.3. The molecule has 0 fully saturated rings. The Morgan fingerprint density at radius 1 is 1.13 bits per heavy atom. The van der Waals surface area contributed by atoms with Crippen LogP contribution in [0.5, 0.6) is 0 Å². The summed E-state index contributed by atoms with van der Waals surface area (Å²) in [4.78, 5) is 24.0. The van der Waals surface area contributed by atoms with Crippen LogP contribution >= 0.6 is 0 Å². The van der Waals surface area contributed by atoms with Crippen molar-refractivity contribution < 1.29 is 19.1 Å². The fourth-order valence-corrected chi connectivity index (χ4v) is 2.27. The number of esters is 2. The first kappa shape index (κ1) is 18.9. The van der Waals surface area contributed by atoms with E-state index in [4.69, 9.17) is 9.47 Å². The van der Waals surface area contributed by atoms with Crippen LogP contribution in [0.1, 0.15) is 39.7 Å². The third kappa shape index (κ3) is 7.13. The molecule has 0 aliphatic rings. The third-order valence-electron chi connectivity index (χ3n) is 3.39. The second-order valence-electron chi connectivity index (χ2n) is 5.87. The Labute approximate surface area is 138 Å². The van der Waals surface area contributed by atoms with Crippen LogP contribution in [-0.2, 0) is 19.1 Å². The molecule has 2 atom stereocenters. The van der Waals surface area contributed by atoms with E-state index in [1.54, 1.807) is 19.9 Å². The third-order valence-corrected chi connectivity index (χ3v) is 3.39. The van der Waals surface area contributed by atoms with Crippen molar-refractivity contribution in [3.05, 3.63) is 42.0 Å². The summed E-state index contributed by atoms with van der Waals surface area (Å²) in [6.45, 7) is 7.87. The van der Waals surface area contributed by atoms with Gasteiger partial charge in [0.15, 0.2) is 0 Å². The van der Waals surface area contributed by atoms with Crippen molar-refractivity contribution in [2.24, 2.45) is 11.8 Å². The van der Waals surface area contributed by atoms with Gasteiger partial charge in [-0.25, -0.2) is 4.79 Å². The number of benzene rings is 1. The van der Waals surface area contributed by atoms with Crippen LogP contribution in [0.15, 0.2) is 36.4 Å².